The van der Waals surface area contributed by atoms with Crippen molar-refractivity contribution in [2.75, 3.05) is 17.2 Å². The predicted molar refractivity (Wildman–Crippen MR) is 104 cm³/mol. The van der Waals surface area contributed by atoms with Gasteiger partial charge in [-0.1, -0.05) is 18.2 Å². The van der Waals surface area contributed by atoms with E-state index < -0.39 is 0 Å². The molecule has 0 radical (unpaired) electrons. The van der Waals surface area contributed by atoms with Crippen molar-refractivity contribution in [1.29, 1.82) is 0 Å². The first kappa shape index (κ1) is 18.6. The molecule has 2 N–H and O–H groups in total. The lowest BCUT2D eigenvalue weighted by Gasteiger charge is -2.11. The fourth-order valence-electron chi connectivity index (χ4n) is 2.49. The zero-order valence-electron chi connectivity index (χ0n) is 15.3. The quantitative estimate of drug-likeness (QED) is 0.622. The lowest BCUT2D eigenvalue weighted by atomic mass is 10.1. The van der Waals surface area contributed by atoms with Crippen LogP contribution >= 0.6 is 0 Å². The van der Waals surface area contributed by atoms with E-state index >= 15 is 0 Å². The minimum atomic E-state index is -0.210. The fraction of sp³-hybridized carbons (Fsp3) is 0.250. The van der Waals surface area contributed by atoms with Crippen LogP contribution in [0, 0.1) is 5.82 Å². The predicted octanol–water partition coefficient (Wildman–Crippen LogP) is 4.20. The summed E-state index contributed by atoms with van der Waals surface area (Å²) in [4.78, 5) is 4.37. The molecule has 0 bridgehead atoms. The molecule has 0 atom stereocenters. The molecular formula is C20H22FN5O. The molecule has 1 heterocycles. The van der Waals surface area contributed by atoms with Gasteiger partial charge in [0.15, 0.2) is 5.82 Å². The van der Waals surface area contributed by atoms with Crippen LogP contribution in [0.25, 0.3) is 0 Å². The van der Waals surface area contributed by atoms with Crippen LogP contribution < -0.4 is 15.4 Å². The second-order valence-electron chi connectivity index (χ2n) is 6.25. The molecular weight excluding hydrogens is 345 g/mol. The van der Waals surface area contributed by atoms with Gasteiger partial charge in [0, 0.05) is 12.2 Å². The third kappa shape index (κ3) is 5.64. The van der Waals surface area contributed by atoms with Crippen LogP contribution in [0.1, 0.15) is 19.4 Å². The minimum absolute atomic E-state index is 0.132. The molecule has 3 rings (SSSR count). The normalized spacial score (nSPS) is 10.7. The summed E-state index contributed by atoms with van der Waals surface area (Å²) >= 11 is 0. The van der Waals surface area contributed by atoms with Gasteiger partial charge in [-0.05, 0) is 56.2 Å². The van der Waals surface area contributed by atoms with Crippen molar-refractivity contribution in [1.82, 2.24) is 15.2 Å². The third-order valence-corrected chi connectivity index (χ3v) is 3.69. The molecule has 140 valence electrons. The Morgan fingerprint density at radius 3 is 2.59 bits per heavy atom. The number of ether oxygens (including phenoxy) is 1. The minimum Gasteiger partial charge on any atom is -0.491 e. The number of hydrogen-bond acceptors (Lipinski definition) is 6. The molecule has 6 nitrogen and oxygen atoms in total. The molecule has 27 heavy (non-hydrogen) atoms. The fourth-order valence-corrected chi connectivity index (χ4v) is 2.49. The van der Waals surface area contributed by atoms with Gasteiger partial charge in [-0.25, -0.2) is 4.39 Å². The van der Waals surface area contributed by atoms with E-state index in [1.54, 1.807) is 18.3 Å². The van der Waals surface area contributed by atoms with Crippen molar-refractivity contribution in [3.05, 3.63) is 66.1 Å². The van der Waals surface area contributed by atoms with Crippen LogP contribution in [0.5, 0.6) is 5.75 Å². The lowest BCUT2D eigenvalue weighted by Crippen LogP contribution is -2.10. The van der Waals surface area contributed by atoms with Gasteiger partial charge in [-0.3, -0.25) is 0 Å². The van der Waals surface area contributed by atoms with Crippen molar-refractivity contribution in [3.8, 4) is 5.75 Å². The summed E-state index contributed by atoms with van der Waals surface area (Å²) in [5, 5.41) is 14.1. The zero-order valence-corrected chi connectivity index (χ0v) is 15.3. The summed E-state index contributed by atoms with van der Waals surface area (Å²) in [6.07, 6.45) is 2.21. The Bertz CT molecular complexity index is 870. The van der Waals surface area contributed by atoms with Crippen LogP contribution in [0.3, 0.4) is 0 Å². The number of aromatic nitrogens is 3. The van der Waals surface area contributed by atoms with Crippen molar-refractivity contribution < 1.29 is 9.13 Å². The Balaban J connectivity index is 1.56. The standard InChI is InChI=1S/C20H22FN5O/c1-14(2)27-17-9-7-16(8-10-17)24-19-13-23-26-20(25-19)22-12-11-15-5-3-4-6-18(15)21/h3-10,13-14H,11-12H2,1-2H3,(H2,22,24,25,26). The molecule has 0 aliphatic carbocycles. The number of benzene rings is 2. The van der Waals surface area contributed by atoms with Gasteiger partial charge in [0.05, 0.1) is 12.3 Å². The third-order valence-electron chi connectivity index (χ3n) is 3.69. The summed E-state index contributed by atoms with van der Waals surface area (Å²) in [6, 6.07) is 14.3. The first-order valence-electron chi connectivity index (χ1n) is 8.81. The van der Waals surface area contributed by atoms with Gasteiger partial charge in [0.2, 0.25) is 5.95 Å². The van der Waals surface area contributed by atoms with Gasteiger partial charge in [-0.15, -0.1) is 5.10 Å². The number of hydrogen-bond donors (Lipinski definition) is 2. The summed E-state index contributed by atoms with van der Waals surface area (Å²) in [7, 11) is 0. The first-order chi connectivity index (χ1) is 13.1. The maximum Gasteiger partial charge on any atom is 0.244 e. The Morgan fingerprint density at radius 1 is 1.07 bits per heavy atom. The second kappa shape index (κ2) is 8.93. The molecule has 7 heteroatoms. The number of rotatable bonds is 8. The van der Waals surface area contributed by atoms with E-state index in [0.29, 0.717) is 30.3 Å². The Hall–Kier alpha value is -3.22. The number of anilines is 3. The Morgan fingerprint density at radius 2 is 1.85 bits per heavy atom. The number of nitrogens with zero attached hydrogens (tertiary/aromatic N) is 3. The molecule has 0 aliphatic heterocycles. The highest BCUT2D eigenvalue weighted by Gasteiger charge is 2.04. The highest BCUT2D eigenvalue weighted by Crippen LogP contribution is 2.19. The summed E-state index contributed by atoms with van der Waals surface area (Å²) < 4.78 is 19.3. The summed E-state index contributed by atoms with van der Waals surface area (Å²) in [5.41, 5.74) is 1.51. The molecule has 1 aromatic heterocycles. The molecule has 0 fully saturated rings. The van der Waals surface area contributed by atoms with E-state index in [1.807, 2.05) is 44.2 Å². The van der Waals surface area contributed by atoms with E-state index in [-0.39, 0.29) is 11.9 Å². The smallest absolute Gasteiger partial charge is 0.244 e. The van der Waals surface area contributed by atoms with Gasteiger partial charge in [-0.2, -0.15) is 10.1 Å². The highest BCUT2D eigenvalue weighted by molar-refractivity contribution is 5.57. The summed E-state index contributed by atoms with van der Waals surface area (Å²) in [5.74, 6) is 1.55. The highest BCUT2D eigenvalue weighted by atomic mass is 19.1. The molecule has 0 saturated heterocycles. The Kier molecular flexibility index (Phi) is 6.14. The maximum atomic E-state index is 13.6. The van der Waals surface area contributed by atoms with Crippen molar-refractivity contribution >= 4 is 17.5 Å². The topological polar surface area (TPSA) is 72.0 Å². The molecule has 0 saturated carbocycles. The molecule has 0 unspecified atom stereocenters. The second-order valence-corrected chi connectivity index (χ2v) is 6.25. The summed E-state index contributed by atoms with van der Waals surface area (Å²) in [6.45, 7) is 4.48. The van der Waals surface area contributed by atoms with Crippen molar-refractivity contribution in [3.63, 3.8) is 0 Å². The van der Waals surface area contributed by atoms with E-state index in [1.165, 1.54) is 6.07 Å². The number of nitrogens with one attached hydrogen (secondary N) is 2. The van der Waals surface area contributed by atoms with Crippen LogP contribution in [0.15, 0.2) is 54.7 Å². The Labute approximate surface area is 157 Å². The number of halogens is 1. The molecule has 2 aromatic carbocycles. The average molecular weight is 367 g/mol. The van der Waals surface area contributed by atoms with Crippen LogP contribution in [0.4, 0.5) is 21.8 Å². The molecule has 0 spiro atoms. The van der Waals surface area contributed by atoms with Gasteiger partial charge in [0.1, 0.15) is 11.6 Å². The van der Waals surface area contributed by atoms with E-state index in [4.69, 9.17) is 4.74 Å². The lowest BCUT2D eigenvalue weighted by molar-refractivity contribution is 0.242. The molecule has 3 aromatic rings. The maximum absolute atomic E-state index is 13.6. The molecule has 0 aliphatic rings. The monoisotopic (exact) mass is 367 g/mol. The average Bonchev–Trinajstić information content (AvgIpc) is 2.65. The zero-order chi connectivity index (χ0) is 19.1. The molecule has 0 amide bonds. The van der Waals surface area contributed by atoms with Crippen molar-refractivity contribution in [2.24, 2.45) is 0 Å². The van der Waals surface area contributed by atoms with E-state index in [0.717, 1.165) is 11.4 Å². The van der Waals surface area contributed by atoms with Gasteiger partial charge < -0.3 is 15.4 Å². The van der Waals surface area contributed by atoms with Gasteiger partial charge in [0.25, 0.3) is 0 Å². The van der Waals surface area contributed by atoms with Crippen LogP contribution in [-0.4, -0.2) is 27.8 Å². The van der Waals surface area contributed by atoms with Gasteiger partial charge >= 0.3 is 0 Å². The van der Waals surface area contributed by atoms with Crippen molar-refractivity contribution in [2.45, 2.75) is 26.4 Å². The van der Waals surface area contributed by atoms with Crippen LogP contribution in [0.2, 0.25) is 0 Å². The van der Waals surface area contributed by atoms with E-state index in [9.17, 15) is 4.39 Å². The largest absolute Gasteiger partial charge is 0.491 e. The van der Waals surface area contributed by atoms with Crippen LogP contribution in [-0.2, 0) is 6.42 Å². The SMILES string of the molecule is CC(C)Oc1ccc(Nc2cnnc(NCCc3ccccc3F)n2)cc1. The van der Waals surface area contributed by atoms with E-state index in [2.05, 4.69) is 25.8 Å². The first-order valence-corrected chi connectivity index (χ1v) is 8.81.